The molecule has 1 aliphatic heterocycles. The fraction of sp³-hybridized carbons (Fsp3) is 0.579. The van der Waals surface area contributed by atoms with Crippen molar-refractivity contribution in [2.24, 2.45) is 0 Å². The minimum absolute atomic E-state index is 0.406. The van der Waals surface area contributed by atoms with Gasteiger partial charge in [-0.25, -0.2) is 0 Å². The zero-order valence-electron chi connectivity index (χ0n) is 15.4. The molecule has 6 nitrogen and oxygen atoms in total. The highest BCUT2D eigenvalue weighted by atomic mass is 16.5. The lowest BCUT2D eigenvalue weighted by atomic mass is 10.1. The summed E-state index contributed by atoms with van der Waals surface area (Å²) in [7, 11) is 0. The first kappa shape index (κ1) is 19.2. The first-order chi connectivity index (χ1) is 11.8. The Labute approximate surface area is 149 Å². The van der Waals surface area contributed by atoms with E-state index < -0.39 is 17.4 Å². The molecule has 0 bridgehead atoms. The van der Waals surface area contributed by atoms with Crippen LogP contribution in [0.2, 0.25) is 0 Å². The van der Waals surface area contributed by atoms with Crippen molar-refractivity contribution in [1.82, 2.24) is 10.6 Å². The van der Waals surface area contributed by atoms with E-state index in [-0.39, 0.29) is 0 Å². The van der Waals surface area contributed by atoms with Gasteiger partial charge in [-0.2, -0.15) is 0 Å². The maximum atomic E-state index is 11.7. The largest absolute Gasteiger partial charge is 0.378 e. The second kappa shape index (κ2) is 8.85. The van der Waals surface area contributed by atoms with Crippen molar-refractivity contribution in [3.05, 3.63) is 29.8 Å². The predicted molar refractivity (Wildman–Crippen MR) is 98.7 cm³/mol. The molecule has 2 N–H and O–H groups in total. The number of anilines is 1. The summed E-state index contributed by atoms with van der Waals surface area (Å²) in [6.45, 7) is 9.45. The van der Waals surface area contributed by atoms with E-state index in [0.717, 1.165) is 39.1 Å². The van der Waals surface area contributed by atoms with Crippen molar-refractivity contribution in [1.29, 1.82) is 0 Å². The number of carbonyl (C=O) groups is 2. The van der Waals surface area contributed by atoms with Crippen LogP contribution >= 0.6 is 0 Å². The van der Waals surface area contributed by atoms with Crippen molar-refractivity contribution in [2.75, 3.05) is 37.7 Å². The number of carbonyl (C=O) groups excluding carboxylic acids is 2. The van der Waals surface area contributed by atoms with Gasteiger partial charge in [0.15, 0.2) is 0 Å². The SMILES string of the molecule is CC(C)(C)NC(=O)C(=O)NCCCc1ccc(N2CCOCC2)cc1. The number of amides is 2. The molecule has 6 heteroatoms. The van der Waals surface area contributed by atoms with Gasteiger partial charge < -0.3 is 20.3 Å². The van der Waals surface area contributed by atoms with Gasteiger partial charge in [-0.05, 0) is 51.3 Å². The van der Waals surface area contributed by atoms with Gasteiger partial charge in [0.25, 0.3) is 0 Å². The van der Waals surface area contributed by atoms with Gasteiger partial charge in [-0.15, -0.1) is 0 Å². The number of nitrogens with zero attached hydrogens (tertiary/aromatic N) is 1. The Morgan fingerprint density at radius 1 is 1.08 bits per heavy atom. The van der Waals surface area contributed by atoms with E-state index in [2.05, 4.69) is 39.8 Å². The molecule has 1 heterocycles. The minimum atomic E-state index is -0.581. The maximum Gasteiger partial charge on any atom is 0.309 e. The summed E-state index contributed by atoms with van der Waals surface area (Å²) < 4.78 is 5.37. The van der Waals surface area contributed by atoms with Crippen LogP contribution < -0.4 is 15.5 Å². The summed E-state index contributed by atoms with van der Waals surface area (Å²) in [6, 6.07) is 8.52. The van der Waals surface area contributed by atoms with Crippen molar-refractivity contribution < 1.29 is 14.3 Å². The molecule has 0 aromatic heterocycles. The molecule has 0 spiro atoms. The van der Waals surface area contributed by atoms with Gasteiger partial charge in [0.2, 0.25) is 0 Å². The van der Waals surface area contributed by atoms with Gasteiger partial charge >= 0.3 is 11.8 Å². The number of morpholine rings is 1. The number of aryl methyl sites for hydroxylation is 1. The van der Waals surface area contributed by atoms with Gasteiger partial charge in [-0.1, -0.05) is 12.1 Å². The van der Waals surface area contributed by atoms with E-state index in [1.807, 2.05) is 20.8 Å². The Kier molecular flexibility index (Phi) is 6.82. The van der Waals surface area contributed by atoms with Crippen LogP contribution in [0.1, 0.15) is 32.8 Å². The van der Waals surface area contributed by atoms with Crippen LogP contribution in [-0.4, -0.2) is 50.2 Å². The third-order valence-electron chi connectivity index (χ3n) is 3.94. The molecule has 138 valence electrons. The molecule has 1 fully saturated rings. The molecule has 2 amide bonds. The number of hydrogen-bond donors (Lipinski definition) is 2. The molecule has 0 radical (unpaired) electrons. The molecule has 1 aliphatic rings. The van der Waals surface area contributed by atoms with Crippen LogP contribution in [0, 0.1) is 0 Å². The summed E-state index contributed by atoms with van der Waals surface area (Å²) >= 11 is 0. The predicted octanol–water partition coefficient (Wildman–Crippen LogP) is 1.49. The molecule has 1 aromatic rings. The Morgan fingerprint density at radius 3 is 2.32 bits per heavy atom. The third kappa shape index (κ3) is 6.74. The maximum absolute atomic E-state index is 11.7. The fourth-order valence-electron chi connectivity index (χ4n) is 2.67. The second-order valence-electron chi connectivity index (χ2n) is 7.33. The molecular formula is C19H29N3O3. The van der Waals surface area contributed by atoms with Crippen LogP contribution in [0.4, 0.5) is 5.69 Å². The average Bonchev–Trinajstić information content (AvgIpc) is 2.58. The lowest BCUT2D eigenvalue weighted by Crippen LogP contribution is -2.48. The van der Waals surface area contributed by atoms with E-state index in [9.17, 15) is 9.59 Å². The normalized spacial score (nSPS) is 14.9. The van der Waals surface area contributed by atoms with Gasteiger partial charge in [0.05, 0.1) is 13.2 Å². The summed E-state index contributed by atoms with van der Waals surface area (Å²) in [4.78, 5) is 25.7. The Balaban J connectivity index is 1.69. The topological polar surface area (TPSA) is 70.7 Å². The smallest absolute Gasteiger partial charge is 0.309 e. The van der Waals surface area contributed by atoms with E-state index in [1.165, 1.54) is 11.3 Å². The van der Waals surface area contributed by atoms with E-state index in [4.69, 9.17) is 4.74 Å². The van der Waals surface area contributed by atoms with Crippen molar-refractivity contribution in [2.45, 2.75) is 39.2 Å². The molecule has 1 aromatic carbocycles. The van der Waals surface area contributed by atoms with Gasteiger partial charge in [-0.3, -0.25) is 9.59 Å². The molecule has 0 atom stereocenters. The average molecular weight is 347 g/mol. The monoisotopic (exact) mass is 347 g/mol. The summed E-state index contributed by atoms with van der Waals surface area (Å²) in [5, 5.41) is 5.32. The van der Waals surface area contributed by atoms with Crippen LogP contribution in [0.25, 0.3) is 0 Å². The van der Waals surface area contributed by atoms with Gasteiger partial charge in [0.1, 0.15) is 0 Å². The van der Waals surface area contributed by atoms with Crippen LogP contribution in [0.15, 0.2) is 24.3 Å². The molecule has 0 unspecified atom stereocenters. The first-order valence-electron chi connectivity index (χ1n) is 8.87. The molecule has 1 saturated heterocycles. The van der Waals surface area contributed by atoms with Gasteiger partial charge in [0, 0.05) is 30.9 Å². The quantitative estimate of drug-likeness (QED) is 0.625. The highest BCUT2D eigenvalue weighted by molar-refractivity contribution is 6.35. The Bertz CT molecular complexity index is 573. The van der Waals surface area contributed by atoms with Crippen LogP contribution in [0.5, 0.6) is 0 Å². The summed E-state index contributed by atoms with van der Waals surface area (Å²) in [6.07, 6.45) is 1.66. The van der Waals surface area contributed by atoms with Crippen molar-refractivity contribution in [3.63, 3.8) is 0 Å². The summed E-state index contributed by atoms with van der Waals surface area (Å²) in [5.74, 6) is -1.15. The number of ether oxygens (including phenoxy) is 1. The number of hydrogen-bond acceptors (Lipinski definition) is 4. The van der Waals surface area contributed by atoms with E-state index in [1.54, 1.807) is 0 Å². The highest BCUT2D eigenvalue weighted by Crippen LogP contribution is 2.17. The lowest BCUT2D eigenvalue weighted by Gasteiger charge is -2.28. The second-order valence-corrected chi connectivity index (χ2v) is 7.33. The molecule has 2 rings (SSSR count). The zero-order valence-corrected chi connectivity index (χ0v) is 15.4. The third-order valence-corrected chi connectivity index (χ3v) is 3.94. The Morgan fingerprint density at radius 2 is 1.72 bits per heavy atom. The van der Waals surface area contributed by atoms with Crippen LogP contribution in [-0.2, 0) is 20.7 Å². The molecule has 0 saturated carbocycles. The lowest BCUT2D eigenvalue weighted by molar-refractivity contribution is -0.140. The van der Waals surface area contributed by atoms with E-state index >= 15 is 0 Å². The standard InChI is InChI=1S/C19H29N3O3/c1-19(2,3)21-18(24)17(23)20-10-4-5-15-6-8-16(9-7-15)22-11-13-25-14-12-22/h6-9H,4-5,10-14H2,1-3H3,(H,20,23)(H,21,24). The Hall–Kier alpha value is -2.08. The molecule has 0 aliphatic carbocycles. The number of nitrogens with one attached hydrogen (secondary N) is 2. The first-order valence-corrected chi connectivity index (χ1v) is 8.87. The molecule has 25 heavy (non-hydrogen) atoms. The zero-order chi connectivity index (χ0) is 18.3. The summed E-state index contributed by atoms with van der Waals surface area (Å²) in [5.41, 5.74) is 2.04. The molecular weight excluding hydrogens is 318 g/mol. The van der Waals surface area contributed by atoms with Crippen molar-refractivity contribution in [3.8, 4) is 0 Å². The number of benzene rings is 1. The van der Waals surface area contributed by atoms with Crippen LogP contribution in [0.3, 0.4) is 0 Å². The van der Waals surface area contributed by atoms with E-state index in [0.29, 0.717) is 6.54 Å². The fourth-order valence-corrected chi connectivity index (χ4v) is 2.67. The number of rotatable bonds is 5. The minimum Gasteiger partial charge on any atom is -0.378 e. The van der Waals surface area contributed by atoms with Crippen molar-refractivity contribution >= 4 is 17.5 Å². The highest BCUT2D eigenvalue weighted by Gasteiger charge is 2.19.